The SMILES string of the molecule is CCCCCCCCC(=O)OC1CC[C@]2(C)C3=C(CCC2C1(C)C)[C@]1(C)CC[C@H]([C@H](C)CCC=C(C)C)[C@@]1(C)CC3. The molecular formula is C39H66O2. The highest BCUT2D eigenvalue weighted by molar-refractivity contribution is 5.69. The Hall–Kier alpha value is -1.05. The van der Waals surface area contributed by atoms with Gasteiger partial charge < -0.3 is 4.74 Å². The normalized spacial score (nSPS) is 36.7. The third-order valence-corrected chi connectivity index (χ3v) is 13.6. The molecule has 0 amide bonds. The first-order chi connectivity index (χ1) is 19.3. The second-order valence-corrected chi connectivity index (χ2v) is 16.6. The van der Waals surface area contributed by atoms with Crippen LogP contribution in [0.25, 0.3) is 0 Å². The van der Waals surface area contributed by atoms with E-state index in [9.17, 15) is 4.79 Å². The first-order valence-corrected chi connectivity index (χ1v) is 17.9. The molecule has 0 radical (unpaired) electrons. The minimum Gasteiger partial charge on any atom is -0.462 e. The lowest BCUT2D eigenvalue weighted by molar-refractivity contribution is -0.170. The molecule has 0 heterocycles. The van der Waals surface area contributed by atoms with Crippen LogP contribution < -0.4 is 0 Å². The van der Waals surface area contributed by atoms with E-state index in [2.05, 4.69) is 68.4 Å². The monoisotopic (exact) mass is 567 g/mol. The van der Waals surface area contributed by atoms with E-state index in [0.29, 0.717) is 23.2 Å². The van der Waals surface area contributed by atoms with Gasteiger partial charge in [0.1, 0.15) is 6.10 Å². The Balaban J connectivity index is 1.45. The fraction of sp³-hybridized carbons (Fsp3) is 0.872. The molecule has 0 N–H and O–H groups in total. The summed E-state index contributed by atoms with van der Waals surface area (Å²) in [5.74, 6) is 2.29. The molecule has 0 spiro atoms. The first-order valence-electron chi connectivity index (χ1n) is 17.9. The molecule has 0 aromatic rings. The third kappa shape index (κ3) is 6.16. The van der Waals surface area contributed by atoms with Crippen molar-refractivity contribution in [3.05, 3.63) is 22.8 Å². The van der Waals surface area contributed by atoms with Gasteiger partial charge in [0.2, 0.25) is 0 Å². The van der Waals surface area contributed by atoms with Crippen molar-refractivity contribution in [2.45, 2.75) is 178 Å². The summed E-state index contributed by atoms with van der Waals surface area (Å²) in [4.78, 5) is 12.9. The van der Waals surface area contributed by atoms with Crippen molar-refractivity contribution in [3.63, 3.8) is 0 Å². The van der Waals surface area contributed by atoms with E-state index in [0.717, 1.165) is 31.1 Å². The smallest absolute Gasteiger partial charge is 0.306 e. The van der Waals surface area contributed by atoms with Crippen LogP contribution in [-0.4, -0.2) is 12.1 Å². The molecule has 2 nitrogen and oxygen atoms in total. The largest absolute Gasteiger partial charge is 0.462 e. The van der Waals surface area contributed by atoms with Crippen LogP contribution in [0.5, 0.6) is 0 Å². The maximum absolute atomic E-state index is 12.9. The first kappa shape index (κ1) is 32.9. The Morgan fingerprint density at radius 1 is 0.902 bits per heavy atom. The van der Waals surface area contributed by atoms with Crippen molar-refractivity contribution in [1.29, 1.82) is 0 Å². The van der Waals surface area contributed by atoms with E-state index in [1.807, 2.05) is 11.1 Å². The lowest BCUT2D eigenvalue weighted by Crippen LogP contribution is -2.55. The van der Waals surface area contributed by atoms with Gasteiger partial charge in [0.15, 0.2) is 0 Å². The molecule has 4 rings (SSSR count). The molecule has 2 saturated carbocycles. The van der Waals surface area contributed by atoms with Crippen molar-refractivity contribution in [1.82, 2.24) is 0 Å². The predicted octanol–water partition coefficient (Wildman–Crippen LogP) is 11.8. The van der Waals surface area contributed by atoms with Crippen molar-refractivity contribution < 1.29 is 9.53 Å². The number of carbonyl (C=O) groups excluding carboxylic acids is 1. The van der Waals surface area contributed by atoms with Gasteiger partial charge in [-0.3, -0.25) is 4.79 Å². The number of carbonyl (C=O) groups is 1. The Morgan fingerprint density at radius 2 is 1.61 bits per heavy atom. The van der Waals surface area contributed by atoms with Crippen LogP contribution in [0.4, 0.5) is 0 Å². The van der Waals surface area contributed by atoms with Crippen LogP contribution in [0.3, 0.4) is 0 Å². The van der Waals surface area contributed by atoms with Crippen molar-refractivity contribution in [3.8, 4) is 0 Å². The average molecular weight is 567 g/mol. The van der Waals surface area contributed by atoms with E-state index >= 15 is 0 Å². The Labute approximate surface area is 254 Å². The van der Waals surface area contributed by atoms with Crippen molar-refractivity contribution in [2.75, 3.05) is 0 Å². The average Bonchev–Trinajstić information content (AvgIpc) is 3.19. The highest BCUT2D eigenvalue weighted by atomic mass is 16.5. The number of allylic oxidation sites excluding steroid dienone is 4. The lowest BCUT2D eigenvalue weighted by Gasteiger charge is -2.62. The van der Waals surface area contributed by atoms with Gasteiger partial charge in [0.05, 0.1) is 0 Å². The van der Waals surface area contributed by atoms with E-state index in [1.165, 1.54) is 89.0 Å². The molecular weight excluding hydrogens is 500 g/mol. The highest BCUT2D eigenvalue weighted by Crippen LogP contribution is 2.72. The maximum atomic E-state index is 12.9. The number of fused-ring (bicyclic) bond motifs is 4. The standard InChI is InChI=1S/C39H66O2/c1-10-11-12-13-14-15-19-35(40)41-34-24-25-37(7)31-23-27-38(8)30(29(4)18-16-17-28(2)3)22-26-39(38,9)32(31)20-21-33(37)36(34,5)6/h17,29-30,33-34H,10-16,18-27H2,1-9H3/t29-,30-,33?,34?,37-,38-,39+/m1/s1. The summed E-state index contributed by atoms with van der Waals surface area (Å²) in [6, 6.07) is 0. The Morgan fingerprint density at radius 3 is 2.32 bits per heavy atom. The van der Waals surface area contributed by atoms with E-state index in [1.54, 1.807) is 0 Å². The lowest BCUT2D eigenvalue weighted by atomic mass is 9.43. The Kier molecular flexibility index (Phi) is 10.3. The van der Waals surface area contributed by atoms with Gasteiger partial charge in [0, 0.05) is 11.8 Å². The van der Waals surface area contributed by atoms with E-state index < -0.39 is 0 Å². The fourth-order valence-corrected chi connectivity index (χ4v) is 10.9. The van der Waals surface area contributed by atoms with Gasteiger partial charge in [-0.25, -0.2) is 0 Å². The minimum absolute atomic E-state index is 0.0294. The van der Waals surface area contributed by atoms with E-state index in [-0.39, 0.29) is 22.9 Å². The van der Waals surface area contributed by atoms with Crippen LogP contribution in [-0.2, 0) is 9.53 Å². The van der Waals surface area contributed by atoms with Gasteiger partial charge >= 0.3 is 5.97 Å². The molecule has 2 unspecified atom stereocenters. The fourth-order valence-electron chi connectivity index (χ4n) is 10.9. The number of unbranched alkanes of at least 4 members (excludes halogenated alkanes) is 5. The van der Waals surface area contributed by atoms with Gasteiger partial charge in [-0.15, -0.1) is 0 Å². The number of rotatable bonds is 12. The van der Waals surface area contributed by atoms with Gasteiger partial charge in [-0.1, -0.05) is 103 Å². The van der Waals surface area contributed by atoms with Gasteiger partial charge in [-0.05, 0) is 118 Å². The van der Waals surface area contributed by atoms with Gasteiger partial charge in [-0.2, -0.15) is 0 Å². The van der Waals surface area contributed by atoms with Crippen molar-refractivity contribution >= 4 is 5.97 Å². The van der Waals surface area contributed by atoms with Crippen LogP contribution in [0.15, 0.2) is 22.8 Å². The summed E-state index contributed by atoms with van der Waals surface area (Å²) in [5, 5.41) is 0. The molecule has 0 aromatic heterocycles. The molecule has 2 heteroatoms. The highest BCUT2D eigenvalue weighted by Gasteiger charge is 2.63. The van der Waals surface area contributed by atoms with Gasteiger partial charge in [0.25, 0.3) is 0 Å². The molecule has 4 aliphatic rings. The summed E-state index contributed by atoms with van der Waals surface area (Å²) in [7, 11) is 0. The molecule has 4 aliphatic carbocycles. The maximum Gasteiger partial charge on any atom is 0.306 e. The Bertz CT molecular complexity index is 982. The molecule has 0 bridgehead atoms. The quantitative estimate of drug-likeness (QED) is 0.133. The van der Waals surface area contributed by atoms with Crippen molar-refractivity contribution in [2.24, 2.45) is 39.4 Å². The topological polar surface area (TPSA) is 26.3 Å². The molecule has 2 fully saturated rings. The zero-order valence-corrected chi connectivity index (χ0v) is 28.7. The predicted molar refractivity (Wildman–Crippen MR) is 175 cm³/mol. The number of hydrogen-bond acceptors (Lipinski definition) is 2. The minimum atomic E-state index is 0.0294. The number of ether oxygens (including phenoxy) is 1. The van der Waals surface area contributed by atoms with Crippen LogP contribution in [0.1, 0.15) is 171 Å². The molecule has 0 aromatic carbocycles. The molecule has 41 heavy (non-hydrogen) atoms. The molecule has 0 aliphatic heterocycles. The molecule has 234 valence electrons. The van der Waals surface area contributed by atoms with E-state index in [4.69, 9.17) is 4.74 Å². The summed E-state index contributed by atoms with van der Waals surface area (Å²) < 4.78 is 6.30. The summed E-state index contributed by atoms with van der Waals surface area (Å²) >= 11 is 0. The van der Waals surface area contributed by atoms with Crippen LogP contribution >= 0.6 is 0 Å². The number of hydrogen-bond donors (Lipinski definition) is 0. The second-order valence-electron chi connectivity index (χ2n) is 16.6. The third-order valence-electron chi connectivity index (χ3n) is 13.6. The molecule has 0 saturated heterocycles. The summed E-state index contributed by atoms with van der Waals surface area (Å²) in [6.07, 6.45) is 23.1. The van der Waals surface area contributed by atoms with Crippen LogP contribution in [0.2, 0.25) is 0 Å². The summed E-state index contributed by atoms with van der Waals surface area (Å²) in [6.45, 7) is 22.1. The summed E-state index contributed by atoms with van der Waals surface area (Å²) in [5.41, 5.74) is 6.25. The number of esters is 1. The zero-order chi connectivity index (χ0) is 30.1. The molecule has 7 atom stereocenters. The van der Waals surface area contributed by atoms with Crippen LogP contribution in [0, 0.1) is 39.4 Å². The zero-order valence-electron chi connectivity index (χ0n) is 28.7. The second kappa shape index (κ2) is 12.9.